The maximum atomic E-state index is 3.92. The Morgan fingerprint density at radius 2 is 1.67 bits per heavy atom. The summed E-state index contributed by atoms with van der Waals surface area (Å²) < 4.78 is 0. The number of allylic oxidation sites excluding steroid dienone is 9. The molecule has 1 spiro atoms. The first-order valence-corrected chi connectivity index (χ1v) is 10.4. The van der Waals surface area contributed by atoms with E-state index >= 15 is 0 Å². The fourth-order valence-electron chi connectivity index (χ4n) is 5.02. The molecule has 0 N–H and O–H groups in total. The largest absolute Gasteiger partial charge is 0.0991 e. The molecule has 3 aliphatic rings. The van der Waals surface area contributed by atoms with E-state index in [1.54, 1.807) is 5.57 Å². The summed E-state index contributed by atoms with van der Waals surface area (Å²) in [6.07, 6.45) is 13.2. The maximum absolute atomic E-state index is 3.92. The highest BCUT2D eigenvalue weighted by atomic mass is 32.2. The minimum Gasteiger partial charge on any atom is -0.0991 e. The molecule has 0 amide bonds. The summed E-state index contributed by atoms with van der Waals surface area (Å²) in [5.74, 6) is 0. The molecule has 0 bridgehead atoms. The molecular weight excluding hydrogens is 344 g/mol. The van der Waals surface area contributed by atoms with Gasteiger partial charge in [-0.2, -0.15) is 0 Å². The second-order valence-corrected chi connectivity index (χ2v) is 8.39. The lowest BCUT2D eigenvalue weighted by Crippen LogP contribution is -2.34. The van der Waals surface area contributed by atoms with Crippen molar-refractivity contribution in [3.8, 4) is 0 Å². The van der Waals surface area contributed by atoms with Crippen LogP contribution < -0.4 is 0 Å². The zero-order valence-corrected chi connectivity index (χ0v) is 16.4. The van der Waals surface area contributed by atoms with Crippen LogP contribution >= 0.6 is 11.8 Å². The third-order valence-corrected chi connectivity index (χ3v) is 7.19. The number of fused-ring (bicyclic) bond motifs is 5. The highest BCUT2D eigenvalue weighted by Gasteiger charge is 2.50. The molecule has 1 heterocycles. The first-order chi connectivity index (χ1) is 13.3. The van der Waals surface area contributed by atoms with Crippen LogP contribution in [0.15, 0.2) is 118 Å². The predicted octanol–water partition coefficient (Wildman–Crippen LogP) is 7.16. The van der Waals surface area contributed by atoms with E-state index in [1.807, 2.05) is 17.8 Å². The molecule has 2 aliphatic carbocycles. The Kier molecular flexibility index (Phi) is 3.87. The van der Waals surface area contributed by atoms with E-state index in [0.717, 1.165) is 12.8 Å². The standard InChI is InChI=1S/C26H22S/c1-3-4-12-20-18(2)19-11-5-6-13-21(19)26(20)22-14-7-9-16-24(22)27-25-17-10-8-15-23(25)26/h3-5,7-12,14-17H,1,6,13H2,2H3/b12-4-. The summed E-state index contributed by atoms with van der Waals surface area (Å²) in [6.45, 7) is 6.21. The fourth-order valence-corrected chi connectivity index (χ4v) is 6.21. The van der Waals surface area contributed by atoms with Gasteiger partial charge < -0.3 is 0 Å². The summed E-state index contributed by atoms with van der Waals surface area (Å²) in [4.78, 5) is 2.74. The van der Waals surface area contributed by atoms with Crippen LogP contribution in [0.2, 0.25) is 0 Å². The van der Waals surface area contributed by atoms with Crippen molar-refractivity contribution in [1.29, 1.82) is 0 Å². The Morgan fingerprint density at radius 1 is 1.00 bits per heavy atom. The van der Waals surface area contributed by atoms with E-state index in [2.05, 4.69) is 86.3 Å². The highest BCUT2D eigenvalue weighted by Crippen LogP contribution is 2.62. The van der Waals surface area contributed by atoms with Crippen molar-refractivity contribution < 1.29 is 0 Å². The second kappa shape index (κ2) is 6.28. The molecule has 0 saturated heterocycles. The molecule has 0 aromatic heterocycles. The molecule has 1 heteroatoms. The van der Waals surface area contributed by atoms with Crippen LogP contribution in [0.25, 0.3) is 0 Å². The van der Waals surface area contributed by atoms with Gasteiger partial charge in [0.15, 0.2) is 0 Å². The molecule has 0 nitrogen and oxygen atoms in total. The van der Waals surface area contributed by atoms with Crippen LogP contribution in [0.3, 0.4) is 0 Å². The summed E-state index contributed by atoms with van der Waals surface area (Å²) >= 11 is 1.90. The minimum absolute atomic E-state index is 0.178. The lowest BCUT2D eigenvalue weighted by atomic mass is 9.64. The molecule has 0 fully saturated rings. The molecule has 5 rings (SSSR count). The van der Waals surface area contributed by atoms with E-state index in [9.17, 15) is 0 Å². The van der Waals surface area contributed by atoms with Crippen LogP contribution in [0.5, 0.6) is 0 Å². The Morgan fingerprint density at radius 3 is 2.33 bits per heavy atom. The molecular formula is C26H22S. The molecule has 0 atom stereocenters. The monoisotopic (exact) mass is 366 g/mol. The average Bonchev–Trinajstić information content (AvgIpc) is 2.96. The number of benzene rings is 2. The third-order valence-electron chi connectivity index (χ3n) is 6.04. The van der Waals surface area contributed by atoms with Gasteiger partial charge in [0.2, 0.25) is 0 Å². The predicted molar refractivity (Wildman–Crippen MR) is 115 cm³/mol. The Bertz CT molecular complexity index is 1030. The SMILES string of the molecule is C=C/C=C\C1=C(C)C2=C(CCC=C2)C12c1ccccc1Sc1ccccc12. The van der Waals surface area contributed by atoms with Gasteiger partial charge in [0.05, 0.1) is 5.41 Å². The Labute approximate surface area is 165 Å². The van der Waals surface area contributed by atoms with Gasteiger partial charge in [-0.1, -0.05) is 85.1 Å². The topological polar surface area (TPSA) is 0 Å². The lowest BCUT2D eigenvalue weighted by molar-refractivity contribution is 0.655. The van der Waals surface area contributed by atoms with Crippen molar-refractivity contribution in [2.24, 2.45) is 0 Å². The van der Waals surface area contributed by atoms with E-state index in [4.69, 9.17) is 0 Å². The van der Waals surface area contributed by atoms with Crippen molar-refractivity contribution >= 4 is 11.8 Å². The smallest absolute Gasteiger partial charge is 0.0695 e. The molecule has 0 saturated carbocycles. The molecule has 1 aliphatic heterocycles. The van der Waals surface area contributed by atoms with Crippen molar-refractivity contribution in [3.63, 3.8) is 0 Å². The van der Waals surface area contributed by atoms with Gasteiger partial charge in [0.25, 0.3) is 0 Å². The fraction of sp³-hybridized carbons (Fsp3) is 0.154. The highest BCUT2D eigenvalue weighted by molar-refractivity contribution is 7.99. The van der Waals surface area contributed by atoms with E-state index in [1.165, 1.54) is 37.6 Å². The van der Waals surface area contributed by atoms with Gasteiger partial charge in [0, 0.05) is 9.79 Å². The van der Waals surface area contributed by atoms with Gasteiger partial charge in [0.1, 0.15) is 0 Å². The zero-order chi connectivity index (χ0) is 18.4. The summed E-state index contributed by atoms with van der Waals surface area (Å²) in [5, 5.41) is 0. The van der Waals surface area contributed by atoms with Crippen LogP contribution in [0.1, 0.15) is 30.9 Å². The van der Waals surface area contributed by atoms with Crippen molar-refractivity contribution in [1.82, 2.24) is 0 Å². The first kappa shape index (κ1) is 16.6. The number of rotatable bonds is 2. The molecule has 2 aromatic rings. The zero-order valence-electron chi connectivity index (χ0n) is 15.5. The summed E-state index contributed by atoms with van der Waals surface area (Å²) in [6, 6.07) is 17.9. The van der Waals surface area contributed by atoms with Crippen LogP contribution in [-0.4, -0.2) is 0 Å². The molecule has 132 valence electrons. The van der Waals surface area contributed by atoms with Crippen molar-refractivity contribution in [2.45, 2.75) is 35.0 Å². The van der Waals surface area contributed by atoms with Crippen LogP contribution in [0.4, 0.5) is 0 Å². The van der Waals surface area contributed by atoms with Gasteiger partial charge >= 0.3 is 0 Å². The van der Waals surface area contributed by atoms with E-state index < -0.39 is 0 Å². The molecule has 0 unspecified atom stereocenters. The van der Waals surface area contributed by atoms with Crippen LogP contribution in [-0.2, 0) is 5.41 Å². The Hall–Kier alpha value is -2.51. The molecule has 2 aromatic carbocycles. The number of hydrogen-bond donors (Lipinski definition) is 0. The maximum Gasteiger partial charge on any atom is 0.0695 e. The number of hydrogen-bond acceptors (Lipinski definition) is 1. The molecule has 27 heavy (non-hydrogen) atoms. The second-order valence-electron chi connectivity index (χ2n) is 7.31. The normalized spacial score (nSPS) is 19.4. The van der Waals surface area contributed by atoms with Gasteiger partial charge in [-0.05, 0) is 65.3 Å². The van der Waals surface area contributed by atoms with Crippen molar-refractivity contribution in [3.05, 3.63) is 119 Å². The Balaban J connectivity index is 1.94. The van der Waals surface area contributed by atoms with Crippen molar-refractivity contribution in [2.75, 3.05) is 0 Å². The summed E-state index contributed by atoms with van der Waals surface area (Å²) in [5.41, 5.74) is 8.47. The van der Waals surface area contributed by atoms with E-state index in [0.29, 0.717) is 0 Å². The van der Waals surface area contributed by atoms with Gasteiger partial charge in [-0.25, -0.2) is 0 Å². The molecule has 0 radical (unpaired) electrons. The quantitative estimate of drug-likeness (QED) is 0.508. The van der Waals surface area contributed by atoms with E-state index in [-0.39, 0.29) is 5.41 Å². The van der Waals surface area contributed by atoms with Gasteiger partial charge in [-0.15, -0.1) is 0 Å². The average molecular weight is 367 g/mol. The van der Waals surface area contributed by atoms with Gasteiger partial charge in [-0.3, -0.25) is 0 Å². The summed E-state index contributed by atoms with van der Waals surface area (Å²) in [7, 11) is 0. The van der Waals surface area contributed by atoms with Crippen LogP contribution in [0, 0.1) is 0 Å². The first-order valence-electron chi connectivity index (χ1n) is 9.56. The lowest BCUT2D eigenvalue weighted by Gasteiger charge is -2.42. The third kappa shape index (κ3) is 2.18. The minimum atomic E-state index is -0.178.